The van der Waals surface area contributed by atoms with Crippen LogP contribution in [0.4, 0.5) is 33.1 Å². The van der Waals surface area contributed by atoms with E-state index in [1.165, 1.54) is 73.2 Å². The van der Waals surface area contributed by atoms with Gasteiger partial charge in [0.25, 0.3) is 0 Å². The first-order valence-electron chi connectivity index (χ1n) is 45.4. The number of piperidine rings is 8. The van der Waals surface area contributed by atoms with E-state index in [-0.39, 0.29) is 119 Å². The molecular weight excluding hydrogens is 1680 g/mol. The SMILES string of the molecule is CC(C)(C)OC(=O)N1CCC(C(=O)N2CCC3(CC2)CC(=O)c2cc(F)ccc2O3)CC1.CC(C)(C)OC(=O)N1CCCCC1.Nc1ncc(CN2CCC(C(=O)N3CCC4(CC3)CC(=O)c3cc(F)ccc3O4)CC2)cn1.O=C1CC2(CCN(C(=O)C3CCN(Cc4ccnnc4)CC3)CC2)Oc2ccc(F)cc21.O=C1CC2(CCNCC2)Oc2ccc(F)cc21.O=C=O. The molecule has 5 amide bonds. The second-order valence-corrected chi connectivity index (χ2v) is 38.0. The predicted octanol–water partition coefficient (Wildman–Crippen LogP) is 12.8. The van der Waals surface area contributed by atoms with Gasteiger partial charge in [0.05, 0.1) is 54.1 Å². The molecule has 2 aromatic heterocycles. The van der Waals surface area contributed by atoms with Crippen LogP contribution in [-0.2, 0) is 46.5 Å². The van der Waals surface area contributed by atoms with Gasteiger partial charge in [0.1, 0.15) is 79.9 Å². The van der Waals surface area contributed by atoms with Crippen LogP contribution in [0.5, 0.6) is 23.0 Å². The normalized spacial score (nSPS) is 20.6. The third kappa shape index (κ3) is 25.2. The summed E-state index contributed by atoms with van der Waals surface area (Å²) in [6.45, 7) is 24.1. The molecule has 3 N–H and O–H groups in total. The molecule has 130 heavy (non-hydrogen) atoms. The predicted molar refractivity (Wildman–Crippen MR) is 466 cm³/mol. The molecule has 0 unspecified atom stereocenters. The van der Waals surface area contributed by atoms with E-state index in [0.29, 0.717) is 155 Å². The molecule has 0 radical (unpaired) electrons. The summed E-state index contributed by atoms with van der Waals surface area (Å²) >= 11 is 0. The molecule has 6 aromatic rings. The van der Waals surface area contributed by atoms with Crippen LogP contribution >= 0.6 is 0 Å². The van der Waals surface area contributed by atoms with Crippen LogP contribution in [0.25, 0.3) is 0 Å². The molecule has 34 heteroatoms. The van der Waals surface area contributed by atoms with Crippen molar-refractivity contribution in [1.82, 2.24) is 59.8 Å². The third-order valence-corrected chi connectivity index (χ3v) is 26.2. The number of likely N-dealkylation sites (tertiary alicyclic amines) is 7. The lowest BCUT2D eigenvalue weighted by Gasteiger charge is -2.45. The highest BCUT2D eigenvalue weighted by atomic mass is 19.1. The van der Waals surface area contributed by atoms with Crippen molar-refractivity contribution in [3.8, 4) is 23.0 Å². The molecular formula is C96H119F4N13O17. The van der Waals surface area contributed by atoms with Gasteiger partial charge in [-0.15, -0.1) is 0 Å². The highest BCUT2D eigenvalue weighted by Gasteiger charge is 2.49. The van der Waals surface area contributed by atoms with Crippen LogP contribution in [-0.4, -0.2) is 252 Å². The number of hydrogen-bond acceptors (Lipinski definition) is 25. The highest BCUT2D eigenvalue weighted by molar-refractivity contribution is 6.02. The zero-order valence-electron chi connectivity index (χ0n) is 75.1. The van der Waals surface area contributed by atoms with Crippen molar-refractivity contribution in [2.45, 2.75) is 223 Å². The molecule has 30 nitrogen and oxygen atoms in total. The fourth-order valence-electron chi connectivity index (χ4n) is 19.1. The zero-order chi connectivity index (χ0) is 92.7. The van der Waals surface area contributed by atoms with Gasteiger partial charge in [-0.1, -0.05) is 0 Å². The summed E-state index contributed by atoms with van der Waals surface area (Å²) < 4.78 is 88.7. The topological polar surface area (TPSA) is 355 Å². The Bertz CT molecular complexity index is 5050. The van der Waals surface area contributed by atoms with Gasteiger partial charge in [-0.05, 0) is 223 Å². The average Bonchev–Trinajstić information content (AvgIpc) is 0.774. The van der Waals surface area contributed by atoms with E-state index < -0.39 is 39.9 Å². The molecule has 8 fully saturated rings. The Balaban J connectivity index is 0.000000142. The largest absolute Gasteiger partial charge is 0.486 e. The summed E-state index contributed by atoms with van der Waals surface area (Å²) in [5.74, 6) is 0.633. The molecule has 0 bridgehead atoms. The molecule has 4 spiro atoms. The Hall–Kier alpha value is -11.4. The fraction of sp³-hybridized carbons (Fsp3) is 0.562. The first kappa shape index (κ1) is 96.2. The van der Waals surface area contributed by atoms with E-state index in [4.69, 9.17) is 43.7 Å². The number of amides is 5. The number of nitrogen functional groups attached to an aromatic ring is 1. The number of anilines is 1. The van der Waals surface area contributed by atoms with Crippen molar-refractivity contribution in [2.24, 2.45) is 17.8 Å². The van der Waals surface area contributed by atoms with E-state index >= 15 is 0 Å². The van der Waals surface area contributed by atoms with Crippen molar-refractivity contribution in [3.63, 3.8) is 0 Å². The summed E-state index contributed by atoms with van der Waals surface area (Å²) in [7, 11) is 0. The van der Waals surface area contributed by atoms with Crippen molar-refractivity contribution < 1.29 is 98.7 Å². The first-order valence-corrected chi connectivity index (χ1v) is 45.4. The van der Waals surface area contributed by atoms with E-state index in [9.17, 15) is 60.7 Å². The monoisotopic (exact) mass is 1800 g/mol. The summed E-state index contributed by atoms with van der Waals surface area (Å²) in [6, 6.07) is 18.4. The number of carbonyl (C=O) groups is 9. The summed E-state index contributed by atoms with van der Waals surface area (Å²) in [6.07, 6.45) is 21.1. The van der Waals surface area contributed by atoms with Crippen LogP contribution in [0.3, 0.4) is 0 Å². The second kappa shape index (κ2) is 42.3. The Morgan fingerprint density at radius 1 is 0.415 bits per heavy atom. The molecule has 8 saturated heterocycles. The number of ether oxygens (including phenoxy) is 6. The molecule has 0 aliphatic carbocycles. The zero-order valence-corrected chi connectivity index (χ0v) is 75.1. The minimum absolute atomic E-state index is 0.00681. The van der Waals surface area contributed by atoms with Crippen molar-refractivity contribution in [3.05, 3.63) is 160 Å². The summed E-state index contributed by atoms with van der Waals surface area (Å²) in [4.78, 5) is 151. The number of nitrogens with zero attached hydrogens (tertiary/aromatic N) is 11. The van der Waals surface area contributed by atoms with Crippen LogP contribution in [0, 0.1) is 41.0 Å². The van der Waals surface area contributed by atoms with Crippen molar-refractivity contribution in [2.75, 3.05) is 110 Å². The number of nitrogens with two attached hydrogens (primary N) is 1. The Labute approximate surface area is 754 Å². The maximum atomic E-state index is 13.5. The Morgan fingerprint density at radius 2 is 0.723 bits per heavy atom. The summed E-state index contributed by atoms with van der Waals surface area (Å²) in [5, 5.41) is 11.0. The third-order valence-electron chi connectivity index (χ3n) is 26.2. The minimum atomic E-state index is -0.626. The van der Waals surface area contributed by atoms with Crippen LogP contribution < -0.4 is 30.0 Å². The number of aromatic nitrogens is 4. The van der Waals surface area contributed by atoms with Gasteiger partial charge >= 0.3 is 18.3 Å². The number of hydrogen-bond donors (Lipinski definition) is 2. The van der Waals surface area contributed by atoms with Crippen molar-refractivity contribution >= 4 is 65.1 Å². The smallest absolute Gasteiger partial charge is 0.410 e. The molecule has 4 aromatic carbocycles. The molecule has 698 valence electrons. The van der Waals surface area contributed by atoms with Gasteiger partial charge in [0, 0.05) is 172 Å². The van der Waals surface area contributed by atoms with Crippen LogP contribution in [0.2, 0.25) is 0 Å². The molecule has 12 aliphatic rings. The van der Waals surface area contributed by atoms with Gasteiger partial charge in [-0.3, -0.25) is 43.4 Å². The standard InChI is InChI=1S/C24H28FN5O3.C24H27FN4O3.C24H31FN2O5.C13H14FNO2.C10H19NO2.CO2/c25-18-1-2-21-19(11-18)20(31)12-24(33-21)5-9-30(10-6-24)22(32)17-3-7-29(8-4-17)15-16-13-27-23(26)28-14-16;25-19-1-2-22-20(13-19)21(30)14-24(32-22)6-11-29(12-7-24)23(31)18-4-9-28(10-5-18)16-17-3-8-26-27-15-17;1-23(2,3)32-22(30)27-10-6-16(7-11-27)21(29)26-12-8-24(9-13-26)15-19(28)18-14-17(25)4-5-20(18)31-24;14-9-1-2-12-10(7-9)11(16)8-13(17-12)3-5-15-6-4-13;1-10(2,3)13-9(12)11-7-5-4-6-8-11;2-1-3/h1-2,11,13-14,17H,3-10,12,15H2,(H2,26,27,28);1-3,8,13,15,18H,4-7,9-12,14,16H2;4-5,14,16H,6-13,15H2,1-3H3;1-2,7,15H,3-6,8H2;4-8H2,1-3H3;. The average molecular weight is 1800 g/mol. The maximum Gasteiger partial charge on any atom is 0.410 e. The summed E-state index contributed by atoms with van der Waals surface area (Å²) in [5.41, 5.74) is 5.94. The van der Waals surface area contributed by atoms with Gasteiger partial charge in [0.15, 0.2) is 23.1 Å². The lowest BCUT2D eigenvalue weighted by Crippen LogP contribution is -2.54. The molecule has 18 rings (SSSR count). The number of ketones is 4. The second-order valence-electron chi connectivity index (χ2n) is 38.0. The number of rotatable bonds is 7. The Kier molecular flexibility index (Phi) is 31.3. The van der Waals surface area contributed by atoms with Crippen LogP contribution in [0.15, 0.2) is 104 Å². The van der Waals surface area contributed by atoms with Gasteiger partial charge in [0.2, 0.25) is 23.7 Å². The highest BCUT2D eigenvalue weighted by Crippen LogP contribution is 2.45. The number of fused-ring (bicyclic) bond motifs is 4. The molecule has 14 heterocycles. The van der Waals surface area contributed by atoms with E-state index in [1.54, 1.807) is 40.7 Å². The van der Waals surface area contributed by atoms with E-state index in [0.717, 1.165) is 128 Å². The maximum absolute atomic E-state index is 13.5. The number of nitrogens with one attached hydrogen (secondary N) is 1. The molecule has 0 saturated carbocycles. The van der Waals surface area contributed by atoms with E-state index in [2.05, 4.69) is 35.3 Å². The Morgan fingerprint density at radius 3 is 1.04 bits per heavy atom. The fourth-order valence-corrected chi connectivity index (χ4v) is 19.1. The molecule has 0 atom stereocenters. The minimum Gasteiger partial charge on any atom is -0.486 e. The number of benzene rings is 4. The van der Waals surface area contributed by atoms with Gasteiger partial charge in [-0.25, -0.2) is 37.1 Å². The number of carbonyl (C=O) groups excluding carboxylic acids is 11. The first-order chi connectivity index (χ1) is 62.1. The number of halogens is 4. The van der Waals surface area contributed by atoms with Crippen molar-refractivity contribution in [1.29, 1.82) is 0 Å². The lowest BCUT2D eigenvalue weighted by molar-refractivity contribution is -0.192. The number of Topliss-reactive ketones (excluding diaryl/α,β-unsaturated/α-hetero) is 4. The quantitative estimate of drug-likeness (QED) is 0.140. The van der Waals surface area contributed by atoms with Gasteiger partial charge in [-0.2, -0.15) is 19.8 Å². The lowest BCUT2D eigenvalue weighted by atomic mass is 9.82. The van der Waals surface area contributed by atoms with Crippen LogP contribution in [0.1, 0.15) is 229 Å². The molecule has 12 aliphatic heterocycles. The van der Waals surface area contributed by atoms with Gasteiger partial charge < -0.3 is 64.0 Å². The van der Waals surface area contributed by atoms with E-state index in [1.807, 2.05) is 62.3 Å².